The molecule has 0 aliphatic carbocycles. The van der Waals surface area contributed by atoms with Gasteiger partial charge >= 0.3 is 0 Å². The van der Waals surface area contributed by atoms with Gasteiger partial charge in [0.25, 0.3) is 0 Å². The molecule has 0 radical (unpaired) electrons. The Morgan fingerprint density at radius 2 is 1.55 bits per heavy atom. The van der Waals surface area contributed by atoms with Gasteiger partial charge in [-0.25, -0.2) is 12.8 Å². The molecular weight excluding hydrogens is 393 g/mol. The Labute approximate surface area is 170 Å². The second-order valence-electron chi connectivity index (χ2n) is 7.38. The first-order chi connectivity index (χ1) is 14.0. The van der Waals surface area contributed by atoms with Crippen molar-refractivity contribution in [2.75, 3.05) is 37.6 Å². The standard InChI is InChI=1S/C21H24FN3O3S/c22-17-8-10-19(11-9-17)29(27,28)25-12-4-7-20(25)21(26)24-15-13-23(14-16-24)18-5-2-1-3-6-18/h1-3,5-6,8-11,20H,4,7,12-16H2/t20-/m0/s1. The smallest absolute Gasteiger partial charge is 0.243 e. The van der Waals surface area contributed by atoms with Crippen molar-refractivity contribution < 1.29 is 17.6 Å². The summed E-state index contributed by atoms with van der Waals surface area (Å²) in [5.41, 5.74) is 1.13. The number of rotatable bonds is 4. The van der Waals surface area contributed by atoms with E-state index in [1.54, 1.807) is 4.90 Å². The second kappa shape index (κ2) is 8.12. The third-order valence-corrected chi connectivity index (χ3v) is 7.54. The number of sulfonamides is 1. The number of anilines is 1. The molecule has 8 heteroatoms. The maximum Gasteiger partial charge on any atom is 0.243 e. The zero-order chi connectivity index (χ0) is 20.4. The summed E-state index contributed by atoms with van der Waals surface area (Å²) in [4.78, 5) is 17.1. The van der Waals surface area contributed by atoms with Gasteiger partial charge in [0, 0.05) is 38.4 Å². The molecule has 4 rings (SSSR count). The molecule has 0 N–H and O–H groups in total. The highest BCUT2D eigenvalue weighted by atomic mass is 32.2. The molecule has 29 heavy (non-hydrogen) atoms. The van der Waals surface area contributed by atoms with Crippen molar-refractivity contribution in [1.29, 1.82) is 0 Å². The average molecular weight is 418 g/mol. The Bertz CT molecular complexity index is 958. The number of hydrogen-bond donors (Lipinski definition) is 0. The van der Waals surface area contributed by atoms with Crippen molar-refractivity contribution >= 4 is 21.6 Å². The van der Waals surface area contributed by atoms with E-state index in [-0.39, 0.29) is 10.8 Å². The number of piperazine rings is 1. The van der Waals surface area contributed by atoms with Crippen LogP contribution in [0.1, 0.15) is 12.8 Å². The Balaban J connectivity index is 1.45. The van der Waals surface area contributed by atoms with E-state index in [2.05, 4.69) is 4.90 Å². The highest BCUT2D eigenvalue weighted by Gasteiger charge is 2.41. The van der Waals surface area contributed by atoms with Crippen molar-refractivity contribution in [3.05, 3.63) is 60.4 Å². The maximum absolute atomic E-state index is 13.2. The molecule has 1 atom stereocenters. The first-order valence-electron chi connectivity index (χ1n) is 9.83. The predicted octanol–water partition coefficient (Wildman–Crippen LogP) is 2.33. The van der Waals surface area contributed by atoms with Gasteiger partial charge in [0.2, 0.25) is 15.9 Å². The number of amides is 1. The first kappa shape index (κ1) is 19.8. The lowest BCUT2D eigenvalue weighted by Crippen LogP contribution is -2.54. The number of para-hydroxylation sites is 1. The summed E-state index contributed by atoms with van der Waals surface area (Å²) in [6, 6.07) is 14.1. The molecule has 2 aliphatic rings. The van der Waals surface area contributed by atoms with E-state index in [1.807, 2.05) is 30.3 Å². The van der Waals surface area contributed by atoms with Gasteiger partial charge in [0.15, 0.2) is 0 Å². The number of halogens is 1. The van der Waals surface area contributed by atoms with Crippen LogP contribution in [0.4, 0.5) is 10.1 Å². The van der Waals surface area contributed by atoms with Gasteiger partial charge in [0.1, 0.15) is 11.9 Å². The van der Waals surface area contributed by atoms with Crippen molar-refractivity contribution in [3.63, 3.8) is 0 Å². The van der Waals surface area contributed by atoms with Crippen LogP contribution in [-0.4, -0.2) is 62.3 Å². The summed E-state index contributed by atoms with van der Waals surface area (Å²) in [5, 5.41) is 0. The van der Waals surface area contributed by atoms with Crippen molar-refractivity contribution in [1.82, 2.24) is 9.21 Å². The van der Waals surface area contributed by atoms with Gasteiger partial charge in [-0.05, 0) is 49.2 Å². The Morgan fingerprint density at radius 1 is 0.897 bits per heavy atom. The fourth-order valence-corrected chi connectivity index (χ4v) is 5.70. The molecule has 0 bridgehead atoms. The van der Waals surface area contributed by atoms with Crippen molar-refractivity contribution in [3.8, 4) is 0 Å². The van der Waals surface area contributed by atoms with E-state index in [0.717, 1.165) is 17.8 Å². The number of benzene rings is 2. The summed E-state index contributed by atoms with van der Waals surface area (Å²) < 4.78 is 40.5. The van der Waals surface area contributed by atoms with Gasteiger partial charge in [-0.1, -0.05) is 18.2 Å². The summed E-state index contributed by atoms with van der Waals surface area (Å²) in [7, 11) is -3.83. The minimum Gasteiger partial charge on any atom is -0.368 e. The fourth-order valence-electron chi connectivity index (χ4n) is 4.05. The molecule has 0 unspecified atom stereocenters. The Hall–Kier alpha value is -2.45. The third-order valence-electron chi connectivity index (χ3n) is 5.62. The minimum atomic E-state index is -3.83. The predicted molar refractivity (Wildman–Crippen MR) is 109 cm³/mol. The van der Waals surface area contributed by atoms with Crippen molar-refractivity contribution in [2.45, 2.75) is 23.8 Å². The molecule has 2 aliphatic heterocycles. The molecule has 2 aromatic carbocycles. The molecule has 0 spiro atoms. The van der Waals surface area contributed by atoms with Gasteiger partial charge in [-0.3, -0.25) is 4.79 Å². The maximum atomic E-state index is 13.2. The second-order valence-corrected chi connectivity index (χ2v) is 9.27. The average Bonchev–Trinajstić information content (AvgIpc) is 3.25. The first-order valence-corrected chi connectivity index (χ1v) is 11.3. The van der Waals surface area contributed by atoms with Crippen LogP contribution in [0.15, 0.2) is 59.5 Å². The van der Waals surface area contributed by atoms with E-state index in [0.29, 0.717) is 45.6 Å². The van der Waals surface area contributed by atoms with E-state index < -0.39 is 21.9 Å². The fraction of sp³-hybridized carbons (Fsp3) is 0.381. The van der Waals surface area contributed by atoms with E-state index >= 15 is 0 Å². The number of carbonyl (C=O) groups is 1. The summed E-state index contributed by atoms with van der Waals surface area (Å²) >= 11 is 0. The van der Waals surface area contributed by atoms with Gasteiger partial charge in [-0.15, -0.1) is 0 Å². The van der Waals surface area contributed by atoms with Crippen LogP contribution < -0.4 is 4.90 Å². The highest BCUT2D eigenvalue weighted by molar-refractivity contribution is 7.89. The molecule has 1 amide bonds. The lowest BCUT2D eigenvalue weighted by molar-refractivity contribution is -0.134. The lowest BCUT2D eigenvalue weighted by atomic mass is 10.1. The number of nitrogens with zero attached hydrogens (tertiary/aromatic N) is 3. The van der Waals surface area contributed by atoms with Crippen LogP contribution >= 0.6 is 0 Å². The quantitative estimate of drug-likeness (QED) is 0.766. The zero-order valence-electron chi connectivity index (χ0n) is 16.1. The number of hydrogen-bond acceptors (Lipinski definition) is 4. The molecule has 6 nitrogen and oxygen atoms in total. The molecule has 0 saturated carbocycles. The highest BCUT2D eigenvalue weighted by Crippen LogP contribution is 2.28. The van der Waals surface area contributed by atoms with Gasteiger partial charge in [0.05, 0.1) is 4.90 Å². The zero-order valence-corrected chi connectivity index (χ0v) is 16.9. The Morgan fingerprint density at radius 3 is 2.21 bits per heavy atom. The molecule has 2 heterocycles. The van der Waals surface area contributed by atoms with Crippen LogP contribution in [0.25, 0.3) is 0 Å². The van der Waals surface area contributed by atoms with E-state index in [9.17, 15) is 17.6 Å². The SMILES string of the molecule is O=C([C@@H]1CCCN1S(=O)(=O)c1ccc(F)cc1)N1CCN(c2ccccc2)CC1. The molecular formula is C21H24FN3O3S. The summed E-state index contributed by atoms with van der Waals surface area (Å²) in [6.45, 7) is 2.86. The summed E-state index contributed by atoms with van der Waals surface area (Å²) in [6.07, 6.45) is 1.15. The number of carbonyl (C=O) groups excluding carboxylic acids is 1. The van der Waals surface area contributed by atoms with Crippen LogP contribution in [-0.2, 0) is 14.8 Å². The minimum absolute atomic E-state index is 0.0208. The van der Waals surface area contributed by atoms with Crippen LogP contribution in [0.5, 0.6) is 0 Å². The largest absolute Gasteiger partial charge is 0.368 e. The van der Waals surface area contributed by atoms with Crippen molar-refractivity contribution in [2.24, 2.45) is 0 Å². The van der Waals surface area contributed by atoms with Crippen LogP contribution in [0, 0.1) is 5.82 Å². The van der Waals surface area contributed by atoms with Gasteiger partial charge < -0.3 is 9.80 Å². The lowest BCUT2D eigenvalue weighted by Gasteiger charge is -2.38. The topological polar surface area (TPSA) is 60.9 Å². The monoisotopic (exact) mass is 417 g/mol. The molecule has 154 valence electrons. The van der Waals surface area contributed by atoms with Crippen LogP contribution in [0.2, 0.25) is 0 Å². The molecule has 2 fully saturated rings. The van der Waals surface area contributed by atoms with Gasteiger partial charge in [-0.2, -0.15) is 4.31 Å². The van der Waals surface area contributed by atoms with Crippen LogP contribution in [0.3, 0.4) is 0 Å². The normalized spacial score (nSPS) is 20.8. The Kier molecular flexibility index (Phi) is 5.56. The van der Waals surface area contributed by atoms with E-state index in [1.165, 1.54) is 16.4 Å². The summed E-state index contributed by atoms with van der Waals surface area (Å²) in [5.74, 6) is -0.629. The molecule has 2 aromatic rings. The van der Waals surface area contributed by atoms with E-state index in [4.69, 9.17) is 0 Å². The molecule has 2 saturated heterocycles. The molecule has 0 aromatic heterocycles. The third kappa shape index (κ3) is 4.00.